The van der Waals surface area contributed by atoms with Crippen molar-refractivity contribution in [1.29, 1.82) is 0 Å². The first-order valence-electron chi connectivity index (χ1n) is 24.1. The van der Waals surface area contributed by atoms with Crippen LogP contribution in [0.3, 0.4) is 0 Å². The molecule has 0 N–H and O–H groups in total. The third-order valence-corrected chi connectivity index (χ3v) is 12.3. The molecular formula is C56H70O6. The Hall–Kier alpha value is -5.10. The molecule has 0 bridgehead atoms. The molecule has 6 heteroatoms. The van der Waals surface area contributed by atoms with Crippen LogP contribution in [-0.4, -0.2) is 25.5 Å². The molecule has 0 unspecified atom stereocenters. The summed E-state index contributed by atoms with van der Waals surface area (Å²) in [6, 6.07) is 29.6. The van der Waals surface area contributed by atoms with Crippen molar-refractivity contribution in [2.24, 2.45) is 0 Å². The summed E-state index contributed by atoms with van der Waals surface area (Å²) in [5.74, 6) is 1.01. The molecule has 0 aromatic heterocycles. The maximum atomic E-state index is 13.5. The number of unbranched alkanes of at least 4 members (excludes halogenated alkanes) is 14. The van der Waals surface area contributed by atoms with E-state index in [1.807, 2.05) is 24.3 Å². The van der Waals surface area contributed by atoms with Gasteiger partial charge in [-0.25, -0.2) is 9.59 Å². The lowest BCUT2D eigenvalue weighted by Crippen LogP contribution is -2.12. The van der Waals surface area contributed by atoms with Gasteiger partial charge >= 0.3 is 12.3 Å². The Morgan fingerprint density at radius 3 is 1.10 bits per heavy atom. The molecule has 62 heavy (non-hydrogen) atoms. The van der Waals surface area contributed by atoms with E-state index in [2.05, 4.69) is 88.4 Å². The van der Waals surface area contributed by atoms with Crippen LogP contribution in [0.4, 0.5) is 9.59 Å². The highest BCUT2D eigenvalue weighted by molar-refractivity contribution is 6.27. The minimum absolute atomic E-state index is 0.334. The van der Waals surface area contributed by atoms with Gasteiger partial charge in [-0.1, -0.05) is 203 Å². The Kier molecular flexibility index (Phi) is 18.3. The fourth-order valence-electron chi connectivity index (χ4n) is 8.86. The molecule has 330 valence electrons. The molecule has 0 fully saturated rings. The number of carbonyl (C=O) groups excluding carboxylic acids is 2. The van der Waals surface area contributed by atoms with Crippen molar-refractivity contribution in [3.63, 3.8) is 0 Å². The van der Waals surface area contributed by atoms with E-state index < -0.39 is 12.3 Å². The molecule has 0 aliphatic heterocycles. The summed E-state index contributed by atoms with van der Waals surface area (Å²) in [6.07, 6.45) is 20.8. The third kappa shape index (κ3) is 12.1. The van der Waals surface area contributed by atoms with E-state index >= 15 is 0 Å². The summed E-state index contributed by atoms with van der Waals surface area (Å²) in [7, 11) is 0. The number of ether oxygens (including phenoxy) is 4. The number of aryl methyl sites for hydroxylation is 2. The Balaban J connectivity index is 1.45. The predicted molar refractivity (Wildman–Crippen MR) is 259 cm³/mol. The van der Waals surface area contributed by atoms with Crippen molar-refractivity contribution >= 4 is 55.4 Å². The van der Waals surface area contributed by atoms with Gasteiger partial charge in [0.25, 0.3) is 0 Å². The highest BCUT2D eigenvalue weighted by atomic mass is 16.7. The van der Waals surface area contributed by atoms with E-state index in [0.29, 0.717) is 24.7 Å². The zero-order chi connectivity index (χ0) is 43.5. The second kappa shape index (κ2) is 24.5. The third-order valence-electron chi connectivity index (χ3n) is 12.3. The first-order valence-corrected chi connectivity index (χ1v) is 24.1. The van der Waals surface area contributed by atoms with E-state index in [1.165, 1.54) is 62.5 Å². The molecule has 0 atom stereocenters. The molecule has 0 aliphatic carbocycles. The van der Waals surface area contributed by atoms with E-state index in [4.69, 9.17) is 18.9 Å². The highest BCUT2D eigenvalue weighted by Crippen LogP contribution is 2.50. The quantitative estimate of drug-likeness (QED) is 0.0247. The zero-order valence-electron chi connectivity index (χ0n) is 38.1. The first-order chi connectivity index (χ1) is 30.5. The topological polar surface area (TPSA) is 71.1 Å². The largest absolute Gasteiger partial charge is 0.513 e. The molecule has 0 heterocycles. The molecule has 0 radical (unpaired) electrons. The van der Waals surface area contributed by atoms with Gasteiger partial charge in [-0.3, -0.25) is 0 Å². The van der Waals surface area contributed by atoms with Gasteiger partial charge in [-0.15, -0.1) is 0 Å². The van der Waals surface area contributed by atoms with Gasteiger partial charge in [0.2, 0.25) is 0 Å². The van der Waals surface area contributed by atoms with Crippen LogP contribution < -0.4 is 9.47 Å². The van der Waals surface area contributed by atoms with Gasteiger partial charge in [-0.05, 0) is 82.3 Å². The van der Waals surface area contributed by atoms with Crippen LogP contribution in [0.25, 0.3) is 54.2 Å². The summed E-state index contributed by atoms with van der Waals surface area (Å²) < 4.78 is 23.9. The van der Waals surface area contributed by atoms with Crippen LogP contribution >= 0.6 is 0 Å². The summed E-state index contributed by atoms with van der Waals surface area (Å²) in [4.78, 5) is 27.0. The normalized spacial score (nSPS) is 11.5. The number of rotatable bonds is 25. The van der Waals surface area contributed by atoms with Crippen molar-refractivity contribution < 1.29 is 28.5 Å². The fraction of sp³-hybridized carbons (Fsp3) is 0.464. The number of hydrogen-bond acceptors (Lipinski definition) is 6. The smallest absolute Gasteiger partial charge is 0.434 e. The van der Waals surface area contributed by atoms with E-state index in [-0.39, 0.29) is 0 Å². The van der Waals surface area contributed by atoms with Crippen molar-refractivity contribution in [2.45, 2.75) is 156 Å². The van der Waals surface area contributed by atoms with Gasteiger partial charge < -0.3 is 18.9 Å². The monoisotopic (exact) mass is 839 g/mol. The Morgan fingerprint density at radius 2 is 0.710 bits per heavy atom. The fourth-order valence-corrected chi connectivity index (χ4v) is 8.86. The molecule has 0 saturated carbocycles. The highest BCUT2D eigenvalue weighted by Gasteiger charge is 2.25. The first kappa shape index (κ1) is 46.4. The lowest BCUT2D eigenvalue weighted by molar-refractivity contribution is 0.0972. The molecule has 6 aromatic rings. The summed E-state index contributed by atoms with van der Waals surface area (Å²) in [6.45, 7) is 9.56. The molecule has 6 rings (SSSR count). The SMILES string of the molecule is CCCCCCCCCOC(=O)Oc1c2ccccc2c(-c2c3ccccc3c(OC(=O)OCCCCCCCCC)c3ccc(CCCC)cc23)c2cc(CCCC)ccc12. The van der Waals surface area contributed by atoms with E-state index in [9.17, 15) is 9.59 Å². The lowest BCUT2D eigenvalue weighted by Gasteiger charge is -2.22. The molecule has 6 aromatic carbocycles. The van der Waals surface area contributed by atoms with Crippen molar-refractivity contribution in [1.82, 2.24) is 0 Å². The maximum absolute atomic E-state index is 13.5. The Labute approximate surface area is 370 Å². The molecule has 0 saturated heterocycles. The summed E-state index contributed by atoms with van der Waals surface area (Å²) in [5.41, 5.74) is 4.56. The summed E-state index contributed by atoms with van der Waals surface area (Å²) >= 11 is 0. The predicted octanol–water partition coefficient (Wildman–Crippen LogP) is 17.2. The molecule has 6 nitrogen and oxygen atoms in total. The van der Waals surface area contributed by atoms with Gasteiger partial charge in [-0.2, -0.15) is 0 Å². The second-order valence-electron chi connectivity index (χ2n) is 17.1. The van der Waals surface area contributed by atoms with Crippen molar-refractivity contribution in [2.75, 3.05) is 13.2 Å². The molecular weight excluding hydrogens is 769 g/mol. The van der Waals surface area contributed by atoms with E-state index in [1.54, 1.807) is 0 Å². The van der Waals surface area contributed by atoms with Crippen LogP contribution in [0, 0.1) is 0 Å². The van der Waals surface area contributed by atoms with Gasteiger partial charge in [0, 0.05) is 21.5 Å². The van der Waals surface area contributed by atoms with Gasteiger partial charge in [0.05, 0.1) is 13.2 Å². The van der Waals surface area contributed by atoms with Gasteiger partial charge in [0.1, 0.15) is 11.5 Å². The number of fused-ring (bicyclic) bond motifs is 4. The molecule has 0 aliphatic rings. The van der Waals surface area contributed by atoms with Crippen LogP contribution in [0.5, 0.6) is 11.5 Å². The minimum Gasteiger partial charge on any atom is -0.434 e. The molecule has 0 spiro atoms. The standard InChI is InChI=1S/C56H70O6/c1-5-9-13-15-17-19-25-37-59-55(57)61-53-45-31-23-21-29-43(45)51(49-39-41(27-11-7-3)33-35-47(49)53)52-44-30-22-24-32-46(44)54(48-36-34-42(28-12-8-4)40-50(48)52)62-56(58)60-38-26-20-18-16-14-10-6-2/h21-24,29-36,39-40H,5-20,25-28,37-38H2,1-4H3. The Morgan fingerprint density at radius 1 is 0.371 bits per heavy atom. The minimum atomic E-state index is -0.679. The van der Waals surface area contributed by atoms with Crippen LogP contribution in [0.1, 0.15) is 154 Å². The van der Waals surface area contributed by atoms with E-state index in [0.717, 1.165) is 131 Å². The average molecular weight is 839 g/mol. The second-order valence-corrected chi connectivity index (χ2v) is 17.1. The summed E-state index contributed by atoms with van der Waals surface area (Å²) in [5, 5.41) is 7.30. The van der Waals surface area contributed by atoms with Gasteiger partial charge in [0.15, 0.2) is 0 Å². The number of benzene rings is 6. The molecule has 0 amide bonds. The van der Waals surface area contributed by atoms with Crippen LogP contribution in [-0.2, 0) is 22.3 Å². The lowest BCUT2D eigenvalue weighted by atomic mass is 9.84. The number of hydrogen-bond donors (Lipinski definition) is 0. The van der Waals surface area contributed by atoms with Crippen LogP contribution in [0.2, 0.25) is 0 Å². The average Bonchev–Trinajstić information content (AvgIpc) is 3.29. The van der Waals surface area contributed by atoms with Crippen molar-refractivity contribution in [3.8, 4) is 22.6 Å². The number of carbonyl (C=O) groups is 2. The Bertz CT molecular complexity index is 2210. The van der Waals surface area contributed by atoms with Crippen LogP contribution in [0.15, 0.2) is 84.9 Å². The zero-order valence-corrected chi connectivity index (χ0v) is 38.1. The van der Waals surface area contributed by atoms with Crippen molar-refractivity contribution in [3.05, 3.63) is 96.1 Å². The maximum Gasteiger partial charge on any atom is 0.513 e.